The number of nitrogens with zero attached hydrogens (tertiary/aromatic N) is 2. The molecule has 0 saturated heterocycles. The molecule has 3 heterocycles. The highest BCUT2D eigenvalue weighted by Crippen LogP contribution is 2.43. The zero-order valence-electron chi connectivity index (χ0n) is 18.2. The van der Waals surface area contributed by atoms with Gasteiger partial charge in [0.15, 0.2) is 10.6 Å². The largest absolute Gasteiger partial charge is 0.465 e. The maximum atomic E-state index is 13.6. The van der Waals surface area contributed by atoms with Crippen LogP contribution in [0.25, 0.3) is 11.0 Å². The van der Waals surface area contributed by atoms with E-state index in [0.29, 0.717) is 16.3 Å². The maximum Gasteiger partial charge on any atom is 0.350 e. The second kappa shape index (κ2) is 8.57. The van der Waals surface area contributed by atoms with E-state index >= 15 is 0 Å². The number of thioether (sulfide) groups is 1. The standard InChI is InChI=1S/C24H17ClN2O5S2/c1-11-21(23(30)31-2)34-24(26-11)27-18(12-4-7-14(33-3)8-5-12)17-19(28)15-10-13(25)6-9-16(15)32-20(17)22(27)29/h4-10,18H,1-3H3. The number of hydrogen-bond donors (Lipinski definition) is 0. The van der Waals surface area contributed by atoms with Gasteiger partial charge in [-0.3, -0.25) is 14.5 Å². The van der Waals surface area contributed by atoms with Gasteiger partial charge in [-0.05, 0) is 49.1 Å². The van der Waals surface area contributed by atoms with Crippen LogP contribution in [0.4, 0.5) is 5.13 Å². The lowest BCUT2D eigenvalue weighted by atomic mass is 9.99. The molecule has 172 valence electrons. The Hall–Kier alpha value is -3.14. The van der Waals surface area contributed by atoms with Gasteiger partial charge < -0.3 is 9.15 Å². The quantitative estimate of drug-likeness (QED) is 0.264. The van der Waals surface area contributed by atoms with Crippen LogP contribution in [0.2, 0.25) is 5.02 Å². The van der Waals surface area contributed by atoms with Crippen LogP contribution >= 0.6 is 34.7 Å². The highest BCUT2D eigenvalue weighted by atomic mass is 35.5. The van der Waals surface area contributed by atoms with Crippen LogP contribution in [0.1, 0.15) is 43.1 Å². The number of esters is 1. The molecule has 5 rings (SSSR count). The molecule has 0 aliphatic carbocycles. The fraction of sp³-hybridized carbons (Fsp3) is 0.167. The zero-order chi connectivity index (χ0) is 24.1. The van der Waals surface area contributed by atoms with Gasteiger partial charge in [0.2, 0.25) is 5.76 Å². The zero-order valence-corrected chi connectivity index (χ0v) is 20.6. The lowest BCUT2D eigenvalue weighted by Gasteiger charge is -2.22. The molecule has 0 bridgehead atoms. The summed E-state index contributed by atoms with van der Waals surface area (Å²) in [5.74, 6) is -1.10. The summed E-state index contributed by atoms with van der Waals surface area (Å²) >= 11 is 8.75. The first-order valence-corrected chi connectivity index (χ1v) is 12.6. The van der Waals surface area contributed by atoms with E-state index in [4.69, 9.17) is 20.8 Å². The van der Waals surface area contributed by atoms with E-state index in [2.05, 4.69) is 4.98 Å². The van der Waals surface area contributed by atoms with E-state index in [1.807, 2.05) is 30.5 Å². The smallest absolute Gasteiger partial charge is 0.350 e. The molecular weight excluding hydrogens is 496 g/mol. The van der Waals surface area contributed by atoms with Gasteiger partial charge in [0.1, 0.15) is 10.5 Å². The Balaban J connectivity index is 1.77. The van der Waals surface area contributed by atoms with Crippen LogP contribution in [0.5, 0.6) is 0 Å². The second-order valence-electron chi connectivity index (χ2n) is 7.57. The Morgan fingerprint density at radius 3 is 2.62 bits per heavy atom. The minimum atomic E-state index is -0.783. The lowest BCUT2D eigenvalue weighted by Crippen LogP contribution is -2.29. The summed E-state index contributed by atoms with van der Waals surface area (Å²) in [7, 11) is 1.29. The Kier molecular flexibility index (Phi) is 5.71. The minimum Gasteiger partial charge on any atom is -0.465 e. The van der Waals surface area contributed by atoms with Crippen molar-refractivity contribution in [3.63, 3.8) is 0 Å². The van der Waals surface area contributed by atoms with Crippen molar-refractivity contribution < 1.29 is 18.7 Å². The lowest BCUT2D eigenvalue weighted by molar-refractivity contribution is 0.0605. The summed E-state index contributed by atoms with van der Waals surface area (Å²) in [6.45, 7) is 1.67. The number of thiazole rings is 1. The molecule has 0 fully saturated rings. The first-order valence-electron chi connectivity index (χ1n) is 10.1. The average Bonchev–Trinajstić information content (AvgIpc) is 3.36. The SMILES string of the molecule is COC(=O)c1sc(N2C(=O)c3oc4ccc(Cl)cc4c(=O)c3C2c2ccc(SC)cc2)nc1C. The van der Waals surface area contributed by atoms with E-state index in [0.717, 1.165) is 16.2 Å². The van der Waals surface area contributed by atoms with Gasteiger partial charge in [0, 0.05) is 9.92 Å². The van der Waals surface area contributed by atoms with Gasteiger partial charge in [0.05, 0.1) is 29.8 Å². The number of rotatable bonds is 4. The number of hydrogen-bond acceptors (Lipinski definition) is 8. The predicted octanol–water partition coefficient (Wildman–Crippen LogP) is 5.47. The number of methoxy groups -OCH3 is 1. The molecule has 34 heavy (non-hydrogen) atoms. The molecule has 2 aromatic carbocycles. The molecular formula is C24H17ClN2O5S2. The predicted molar refractivity (Wildman–Crippen MR) is 133 cm³/mol. The van der Waals surface area contributed by atoms with Crippen molar-refractivity contribution in [1.82, 2.24) is 4.98 Å². The van der Waals surface area contributed by atoms with E-state index in [1.165, 1.54) is 18.1 Å². The summed E-state index contributed by atoms with van der Waals surface area (Å²) in [5, 5.41) is 0.951. The molecule has 0 N–H and O–H groups in total. The van der Waals surface area contributed by atoms with Crippen LogP contribution in [0, 0.1) is 6.92 Å². The molecule has 4 aromatic rings. The third kappa shape index (κ3) is 3.51. The molecule has 1 aliphatic heterocycles. The molecule has 10 heteroatoms. The second-order valence-corrected chi connectivity index (χ2v) is 9.86. The Morgan fingerprint density at radius 1 is 1.21 bits per heavy atom. The van der Waals surface area contributed by atoms with Crippen molar-refractivity contribution in [2.75, 3.05) is 18.3 Å². The number of ether oxygens (including phenoxy) is 1. The van der Waals surface area contributed by atoms with Crippen molar-refractivity contribution >= 4 is 62.7 Å². The molecule has 0 radical (unpaired) electrons. The summed E-state index contributed by atoms with van der Waals surface area (Å²) in [4.78, 5) is 46.7. The number of carbonyl (C=O) groups is 2. The summed E-state index contributed by atoms with van der Waals surface area (Å²) in [5.41, 5.74) is 1.29. The van der Waals surface area contributed by atoms with Crippen molar-refractivity contribution in [3.8, 4) is 0 Å². The van der Waals surface area contributed by atoms with Crippen molar-refractivity contribution in [1.29, 1.82) is 0 Å². The Bertz CT molecular complexity index is 1530. The fourth-order valence-corrected chi connectivity index (χ4v) is 5.60. The number of fused-ring (bicyclic) bond motifs is 2. The topological polar surface area (TPSA) is 89.7 Å². The average molecular weight is 513 g/mol. The molecule has 1 atom stereocenters. The molecule has 0 saturated carbocycles. The molecule has 2 aromatic heterocycles. The number of anilines is 1. The third-order valence-electron chi connectivity index (χ3n) is 5.63. The number of halogens is 1. The maximum absolute atomic E-state index is 13.6. The number of amides is 1. The van der Waals surface area contributed by atoms with E-state index < -0.39 is 17.9 Å². The van der Waals surface area contributed by atoms with Crippen molar-refractivity contribution in [3.05, 3.63) is 85.2 Å². The number of carbonyl (C=O) groups excluding carboxylic acids is 2. The summed E-state index contributed by atoms with van der Waals surface area (Å²) in [6.07, 6.45) is 1.97. The number of benzene rings is 2. The van der Waals surface area contributed by atoms with Gasteiger partial charge >= 0.3 is 5.97 Å². The molecule has 0 spiro atoms. The first-order chi connectivity index (χ1) is 16.3. The van der Waals surface area contributed by atoms with Gasteiger partial charge in [-0.2, -0.15) is 0 Å². The van der Waals surface area contributed by atoms with Gasteiger partial charge in [-0.15, -0.1) is 11.8 Å². The first kappa shape index (κ1) is 22.6. The molecule has 1 amide bonds. The summed E-state index contributed by atoms with van der Waals surface area (Å²) < 4.78 is 10.8. The minimum absolute atomic E-state index is 0.0498. The Labute approximate surface area is 207 Å². The van der Waals surface area contributed by atoms with Gasteiger partial charge in [0.25, 0.3) is 5.91 Å². The highest BCUT2D eigenvalue weighted by molar-refractivity contribution is 7.98. The monoisotopic (exact) mass is 512 g/mol. The van der Waals surface area contributed by atoms with E-state index in [-0.39, 0.29) is 37.7 Å². The third-order valence-corrected chi connectivity index (χ3v) is 7.74. The van der Waals surface area contributed by atoms with E-state index in [1.54, 1.807) is 30.8 Å². The fourth-order valence-electron chi connectivity index (χ4n) is 4.01. The molecule has 1 aliphatic rings. The van der Waals surface area contributed by atoms with E-state index in [9.17, 15) is 14.4 Å². The van der Waals surface area contributed by atoms with Gasteiger partial charge in [-0.25, -0.2) is 9.78 Å². The summed E-state index contributed by atoms with van der Waals surface area (Å²) in [6, 6.07) is 11.5. The Morgan fingerprint density at radius 2 is 1.94 bits per heavy atom. The molecule has 7 nitrogen and oxygen atoms in total. The number of aryl methyl sites for hydroxylation is 1. The van der Waals surface area contributed by atoms with Crippen LogP contribution in [0.15, 0.2) is 56.6 Å². The van der Waals surface area contributed by atoms with Crippen LogP contribution in [-0.4, -0.2) is 30.2 Å². The van der Waals surface area contributed by atoms with Crippen LogP contribution < -0.4 is 10.3 Å². The number of aromatic nitrogens is 1. The molecule has 1 unspecified atom stereocenters. The highest BCUT2D eigenvalue weighted by Gasteiger charge is 2.45. The van der Waals surface area contributed by atoms with Crippen LogP contribution in [0.3, 0.4) is 0 Å². The van der Waals surface area contributed by atoms with Crippen molar-refractivity contribution in [2.45, 2.75) is 17.9 Å². The van der Waals surface area contributed by atoms with Crippen molar-refractivity contribution in [2.24, 2.45) is 0 Å². The normalized spacial score (nSPS) is 15.1. The van der Waals surface area contributed by atoms with Gasteiger partial charge in [-0.1, -0.05) is 35.1 Å². The van der Waals surface area contributed by atoms with Crippen LogP contribution in [-0.2, 0) is 4.74 Å².